The van der Waals surface area contributed by atoms with Crippen molar-refractivity contribution in [3.05, 3.63) is 0 Å². The molecule has 0 aromatic heterocycles. The SMILES string of the molecule is O.O=C1CCNCC1.[Cl-]. The summed E-state index contributed by atoms with van der Waals surface area (Å²) in [5.41, 5.74) is 0. The largest absolute Gasteiger partial charge is 1.00 e. The minimum Gasteiger partial charge on any atom is -1.00 e. The Morgan fingerprint density at radius 1 is 1.22 bits per heavy atom. The number of hydrogen-bond donors (Lipinski definition) is 1. The van der Waals surface area contributed by atoms with Gasteiger partial charge in [-0.15, -0.1) is 0 Å². The van der Waals surface area contributed by atoms with Crippen molar-refractivity contribution in [1.82, 2.24) is 5.32 Å². The van der Waals surface area contributed by atoms with Crippen LogP contribution in [-0.4, -0.2) is 24.3 Å². The van der Waals surface area contributed by atoms with Gasteiger partial charge in [0.25, 0.3) is 0 Å². The summed E-state index contributed by atoms with van der Waals surface area (Å²) in [5.74, 6) is 0.402. The molecule has 0 aromatic carbocycles. The lowest BCUT2D eigenvalue weighted by atomic mass is 10.1. The second kappa shape index (κ2) is 6.01. The van der Waals surface area contributed by atoms with Crippen LogP contribution in [0.25, 0.3) is 0 Å². The van der Waals surface area contributed by atoms with E-state index in [2.05, 4.69) is 5.32 Å². The van der Waals surface area contributed by atoms with Crippen molar-refractivity contribution in [2.75, 3.05) is 13.1 Å². The van der Waals surface area contributed by atoms with Crippen molar-refractivity contribution in [2.24, 2.45) is 0 Å². The first kappa shape index (κ1) is 11.6. The number of nitrogens with one attached hydrogen (secondary N) is 1. The van der Waals surface area contributed by atoms with E-state index in [0.29, 0.717) is 5.78 Å². The average molecular weight is 153 g/mol. The summed E-state index contributed by atoms with van der Waals surface area (Å²) < 4.78 is 0. The van der Waals surface area contributed by atoms with Gasteiger partial charge in [-0.05, 0) is 0 Å². The van der Waals surface area contributed by atoms with E-state index in [-0.39, 0.29) is 17.9 Å². The molecule has 56 valence electrons. The fourth-order valence-electron chi connectivity index (χ4n) is 0.706. The standard InChI is InChI=1S/C5H9NO.ClH.H2O/c7-5-1-3-6-4-2-5;;/h6H,1-4H2;1H;1H2/p-1. The van der Waals surface area contributed by atoms with E-state index in [0.717, 1.165) is 25.9 Å². The molecule has 1 rings (SSSR count). The van der Waals surface area contributed by atoms with Crippen molar-refractivity contribution in [2.45, 2.75) is 12.8 Å². The van der Waals surface area contributed by atoms with Gasteiger partial charge < -0.3 is 23.2 Å². The molecule has 0 atom stereocenters. The van der Waals surface area contributed by atoms with E-state index in [1.165, 1.54) is 0 Å². The smallest absolute Gasteiger partial charge is 0.135 e. The monoisotopic (exact) mass is 152 g/mol. The predicted octanol–water partition coefficient (Wildman–Crippen LogP) is -3.88. The number of carbonyl (C=O) groups is 1. The molecule has 1 aliphatic heterocycles. The summed E-state index contributed by atoms with van der Waals surface area (Å²) in [6.45, 7) is 1.78. The van der Waals surface area contributed by atoms with E-state index >= 15 is 0 Å². The highest BCUT2D eigenvalue weighted by atomic mass is 35.5. The van der Waals surface area contributed by atoms with Gasteiger partial charge in [0, 0.05) is 25.9 Å². The highest BCUT2D eigenvalue weighted by molar-refractivity contribution is 5.79. The zero-order chi connectivity index (χ0) is 5.11. The van der Waals surface area contributed by atoms with Crippen LogP contribution in [0.1, 0.15) is 12.8 Å². The molecule has 0 aliphatic carbocycles. The molecule has 0 radical (unpaired) electrons. The van der Waals surface area contributed by atoms with Crippen LogP contribution in [0.4, 0.5) is 0 Å². The number of ketones is 1. The van der Waals surface area contributed by atoms with Crippen LogP contribution in [0, 0.1) is 0 Å². The Labute approximate surface area is 60.5 Å². The third kappa shape index (κ3) is 4.39. The van der Waals surface area contributed by atoms with E-state index in [1.54, 1.807) is 0 Å². The predicted molar refractivity (Wildman–Crippen MR) is 30.7 cm³/mol. The summed E-state index contributed by atoms with van der Waals surface area (Å²) >= 11 is 0. The molecular weight excluding hydrogens is 142 g/mol. The molecule has 1 heterocycles. The molecular formula is C5H11ClNO2-. The molecule has 0 amide bonds. The molecule has 3 N–H and O–H groups in total. The van der Waals surface area contributed by atoms with Crippen molar-refractivity contribution >= 4 is 5.78 Å². The number of Topliss-reactive ketones (excluding diaryl/α,β-unsaturated/α-hetero) is 1. The van der Waals surface area contributed by atoms with Gasteiger partial charge in [-0.2, -0.15) is 0 Å². The minimum atomic E-state index is 0. The summed E-state index contributed by atoms with van der Waals surface area (Å²) in [4.78, 5) is 10.4. The maximum absolute atomic E-state index is 10.4. The first-order chi connectivity index (χ1) is 3.39. The first-order valence-corrected chi connectivity index (χ1v) is 2.62. The molecule has 1 fully saturated rings. The molecule has 3 nitrogen and oxygen atoms in total. The quantitative estimate of drug-likeness (QED) is 0.386. The number of halogens is 1. The normalized spacial score (nSPS) is 17.6. The van der Waals surface area contributed by atoms with Crippen molar-refractivity contribution in [3.63, 3.8) is 0 Å². The van der Waals surface area contributed by atoms with Crippen LogP contribution >= 0.6 is 0 Å². The second-order valence-electron chi connectivity index (χ2n) is 1.79. The molecule has 1 saturated heterocycles. The Balaban J connectivity index is 0. The van der Waals surface area contributed by atoms with Crippen LogP contribution in [0.2, 0.25) is 0 Å². The molecule has 9 heavy (non-hydrogen) atoms. The molecule has 4 heteroatoms. The summed E-state index contributed by atoms with van der Waals surface area (Å²) in [5, 5.41) is 3.09. The molecule has 0 saturated carbocycles. The Morgan fingerprint density at radius 3 is 1.89 bits per heavy atom. The summed E-state index contributed by atoms with van der Waals surface area (Å²) in [6, 6.07) is 0. The van der Waals surface area contributed by atoms with E-state index in [9.17, 15) is 4.79 Å². The van der Waals surface area contributed by atoms with Gasteiger partial charge >= 0.3 is 0 Å². The van der Waals surface area contributed by atoms with Gasteiger partial charge in [-0.1, -0.05) is 0 Å². The maximum atomic E-state index is 10.4. The maximum Gasteiger partial charge on any atom is 0.135 e. The van der Waals surface area contributed by atoms with Crippen LogP contribution in [0.5, 0.6) is 0 Å². The van der Waals surface area contributed by atoms with Crippen LogP contribution in [0.15, 0.2) is 0 Å². The Hall–Kier alpha value is -0.120. The van der Waals surface area contributed by atoms with Gasteiger partial charge in [0.1, 0.15) is 5.78 Å². The number of hydrogen-bond acceptors (Lipinski definition) is 2. The Kier molecular flexibility index (Phi) is 7.77. The highest BCUT2D eigenvalue weighted by Gasteiger charge is 2.04. The zero-order valence-corrected chi connectivity index (χ0v) is 5.87. The Bertz CT molecular complexity index is 79.0. The highest BCUT2D eigenvalue weighted by Crippen LogP contribution is 1.91. The van der Waals surface area contributed by atoms with E-state index < -0.39 is 0 Å². The molecule has 0 bridgehead atoms. The fraction of sp³-hybridized carbons (Fsp3) is 0.800. The summed E-state index contributed by atoms with van der Waals surface area (Å²) in [7, 11) is 0. The first-order valence-electron chi connectivity index (χ1n) is 2.62. The Morgan fingerprint density at radius 2 is 1.67 bits per heavy atom. The topological polar surface area (TPSA) is 60.6 Å². The lowest BCUT2D eigenvalue weighted by molar-refractivity contribution is -0.119. The van der Waals surface area contributed by atoms with Crippen molar-refractivity contribution in [3.8, 4) is 0 Å². The molecule has 1 aliphatic rings. The fourth-order valence-corrected chi connectivity index (χ4v) is 0.706. The van der Waals surface area contributed by atoms with Gasteiger partial charge in [0.05, 0.1) is 0 Å². The molecule has 0 aromatic rings. The van der Waals surface area contributed by atoms with Gasteiger partial charge in [0.15, 0.2) is 0 Å². The second-order valence-corrected chi connectivity index (χ2v) is 1.79. The number of carbonyl (C=O) groups excluding carboxylic acids is 1. The molecule has 0 spiro atoms. The van der Waals surface area contributed by atoms with E-state index in [4.69, 9.17) is 0 Å². The minimum absolute atomic E-state index is 0. The number of piperidine rings is 1. The van der Waals surface area contributed by atoms with E-state index in [1.807, 2.05) is 0 Å². The number of rotatable bonds is 0. The van der Waals surface area contributed by atoms with Gasteiger partial charge in [0.2, 0.25) is 0 Å². The van der Waals surface area contributed by atoms with Crippen LogP contribution in [-0.2, 0) is 4.79 Å². The van der Waals surface area contributed by atoms with Crippen molar-refractivity contribution in [1.29, 1.82) is 0 Å². The van der Waals surface area contributed by atoms with Crippen LogP contribution < -0.4 is 17.7 Å². The lowest BCUT2D eigenvalue weighted by Crippen LogP contribution is -3.00. The van der Waals surface area contributed by atoms with Gasteiger partial charge in [-0.25, -0.2) is 0 Å². The molecule has 0 unspecified atom stereocenters. The van der Waals surface area contributed by atoms with Crippen molar-refractivity contribution < 1.29 is 22.7 Å². The van der Waals surface area contributed by atoms with Crippen LogP contribution in [0.3, 0.4) is 0 Å². The average Bonchev–Trinajstić information content (AvgIpc) is 1.69. The third-order valence-electron chi connectivity index (χ3n) is 1.16. The zero-order valence-electron chi connectivity index (χ0n) is 5.11. The summed E-state index contributed by atoms with van der Waals surface area (Å²) in [6.07, 6.45) is 1.47. The third-order valence-corrected chi connectivity index (χ3v) is 1.16. The van der Waals surface area contributed by atoms with Gasteiger partial charge in [-0.3, -0.25) is 4.79 Å². The lowest BCUT2D eigenvalue weighted by Gasteiger charge is -2.08.